The zero-order valence-corrected chi connectivity index (χ0v) is 12.6. The summed E-state index contributed by atoms with van der Waals surface area (Å²) < 4.78 is 5.01. The number of hydrogen-bond acceptors (Lipinski definition) is 4. The van der Waals surface area contributed by atoms with Crippen molar-refractivity contribution in [3.63, 3.8) is 0 Å². The van der Waals surface area contributed by atoms with Crippen LogP contribution in [0, 0.1) is 6.92 Å². The van der Waals surface area contributed by atoms with Gasteiger partial charge in [-0.15, -0.1) is 0 Å². The van der Waals surface area contributed by atoms with Crippen molar-refractivity contribution < 1.29 is 4.74 Å². The van der Waals surface area contributed by atoms with E-state index < -0.39 is 0 Å². The number of nitrogens with one attached hydrogen (secondary N) is 1. The Kier molecular flexibility index (Phi) is 5.35. The highest BCUT2D eigenvalue weighted by atomic mass is 35.5. The predicted octanol–water partition coefficient (Wildman–Crippen LogP) is 3.18. The lowest BCUT2D eigenvalue weighted by Gasteiger charge is -2.19. The molecule has 0 spiro atoms. The highest BCUT2D eigenvalue weighted by Gasteiger charge is 2.20. The first-order valence-electron chi connectivity index (χ1n) is 6.13. The summed E-state index contributed by atoms with van der Waals surface area (Å²) in [6.07, 6.45) is 0.933. The summed E-state index contributed by atoms with van der Waals surface area (Å²) >= 11 is 6.15. The first-order valence-corrected chi connectivity index (χ1v) is 6.51. The van der Waals surface area contributed by atoms with Gasteiger partial charge in [-0.2, -0.15) is 0 Å². The SMILES string of the molecule is COCCCNc1nc(C(C)(C)C)nc(Cl)c1C. The van der Waals surface area contributed by atoms with E-state index in [1.165, 1.54) is 0 Å². The molecule has 0 atom stereocenters. The fourth-order valence-electron chi connectivity index (χ4n) is 1.42. The number of anilines is 1. The van der Waals surface area contributed by atoms with Crippen molar-refractivity contribution in [3.05, 3.63) is 16.5 Å². The van der Waals surface area contributed by atoms with E-state index in [9.17, 15) is 0 Å². The number of aromatic nitrogens is 2. The third-order valence-electron chi connectivity index (χ3n) is 2.57. The Bertz CT molecular complexity index is 402. The van der Waals surface area contributed by atoms with E-state index >= 15 is 0 Å². The lowest BCUT2D eigenvalue weighted by Crippen LogP contribution is -2.18. The van der Waals surface area contributed by atoms with Crippen molar-refractivity contribution in [2.45, 2.75) is 39.5 Å². The van der Waals surface area contributed by atoms with Gasteiger partial charge in [0.15, 0.2) is 0 Å². The molecule has 0 radical (unpaired) electrons. The molecule has 1 rings (SSSR count). The second-order valence-electron chi connectivity index (χ2n) is 5.33. The Hall–Kier alpha value is -0.870. The summed E-state index contributed by atoms with van der Waals surface area (Å²) in [6, 6.07) is 0. The molecule has 0 amide bonds. The van der Waals surface area contributed by atoms with Gasteiger partial charge in [-0.05, 0) is 13.3 Å². The molecule has 1 aromatic rings. The van der Waals surface area contributed by atoms with Crippen LogP contribution in [0.5, 0.6) is 0 Å². The van der Waals surface area contributed by atoms with E-state index in [2.05, 4.69) is 36.1 Å². The summed E-state index contributed by atoms with van der Waals surface area (Å²) in [6.45, 7) is 9.68. The largest absolute Gasteiger partial charge is 0.385 e. The van der Waals surface area contributed by atoms with Gasteiger partial charge in [-0.3, -0.25) is 0 Å². The zero-order chi connectivity index (χ0) is 13.8. The summed E-state index contributed by atoms with van der Waals surface area (Å²) in [5, 5.41) is 3.80. The van der Waals surface area contributed by atoms with E-state index in [0.29, 0.717) is 5.15 Å². The number of hydrogen-bond donors (Lipinski definition) is 1. The molecule has 0 aliphatic heterocycles. The van der Waals surface area contributed by atoms with Gasteiger partial charge < -0.3 is 10.1 Å². The van der Waals surface area contributed by atoms with Crippen LogP contribution in [0.3, 0.4) is 0 Å². The van der Waals surface area contributed by atoms with Crippen LogP contribution >= 0.6 is 11.6 Å². The number of ether oxygens (including phenoxy) is 1. The van der Waals surface area contributed by atoms with Gasteiger partial charge in [0.1, 0.15) is 16.8 Å². The molecule has 1 heterocycles. The Morgan fingerprint density at radius 3 is 2.50 bits per heavy atom. The smallest absolute Gasteiger partial charge is 0.137 e. The molecule has 0 saturated carbocycles. The van der Waals surface area contributed by atoms with Crippen molar-refractivity contribution in [1.82, 2.24) is 9.97 Å². The van der Waals surface area contributed by atoms with Crippen LogP contribution in [0.4, 0.5) is 5.82 Å². The minimum atomic E-state index is -0.111. The van der Waals surface area contributed by atoms with Crippen LogP contribution in [0.15, 0.2) is 0 Å². The van der Waals surface area contributed by atoms with E-state index in [4.69, 9.17) is 16.3 Å². The lowest BCUT2D eigenvalue weighted by molar-refractivity contribution is 0.197. The standard InChI is InChI=1S/C13H22ClN3O/c1-9-10(14)16-12(13(2,3)4)17-11(9)15-7-6-8-18-5/h6-8H2,1-5H3,(H,15,16,17). The number of methoxy groups -OCH3 is 1. The van der Waals surface area contributed by atoms with Gasteiger partial charge in [-0.1, -0.05) is 32.4 Å². The summed E-state index contributed by atoms with van der Waals surface area (Å²) in [5.74, 6) is 1.57. The molecule has 5 heteroatoms. The Morgan fingerprint density at radius 2 is 1.94 bits per heavy atom. The number of nitrogens with zero attached hydrogens (tertiary/aromatic N) is 2. The number of halogens is 1. The maximum atomic E-state index is 6.15. The molecular formula is C13H22ClN3O. The predicted molar refractivity (Wildman–Crippen MR) is 75.5 cm³/mol. The van der Waals surface area contributed by atoms with Gasteiger partial charge >= 0.3 is 0 Å². The van der Waals surface area contributed by atoms with E-state index in [-0.39, 0.29) is 5.41 Å². The molecule has 0 bridgehead atoms. The molecule has 0 saturated heterocycles. The minimum Gasteiger partial charge on any atom is -0.385 e. The summed E-state index contributed by atoms with van der Waals surface area (Å²) in [7, 11) is 1.70. The van der Waals surface area contributed by atoms with Crippen molar-refractivity contribution in [3.8, 4) is 0 Å². The molecule has 0 aromatic carbocycles. The van der Waals surface area contributed by atoms with Gasteiger partial charge in [-0.25, -0.2) is 9.97 Å². The van der Waals surface area contributed by atoms with Crippen LogP contribution in [0.25, 0.3) is 0 Å². The molecule has 0 unspecified atom stereocenters. The van der Waals surface area contributed by atoms with Crippen molar-refractivity contribution in [2.24, 2.45) is 0 Å². The normalized spacial score (nSPS) is 11.7. The summed E-state index contributed by atoms with van der Waals surface area (Å²) in [4.78, 5) is 8.89. The quantitative estimate of drug-likeness (QED) is 0.660. The number of rotatable bonds is 5. The van der Waals surface area contributed by atoms with E-state index in [1.807, 2.05) is 6.92 Å². The zero-order valence-electron chi connectivity index (χ0n) is 11.8. The van der Waals surface area contributed by atoms with Gasteiger partial charge in [0, 0.05) is 31.2 Å². The van der Waals surface area contributed by atoms with Crippen molar-refractivity contribution >= 4 is 17.4 Å². The summed E-state index contributed by atoms with van der Waals surface area (Å²) in [5.41, 5.74) is 0.780. The molecule has 1 aromatic heterocycles. The topological polar surface area (TPSA) is 47.0 Å². The first kappa shape index (κ1) is 15.2. The Balaban J connectivity index is 2.86. The third-order valence-corrected chi connectivity index (χ3v) is 2.94. The molecule has 0 aliphatic rings. The molecule has 0 aliphatic carbocycles. The van der Waals surface area contributed by atoms with Crippen molar-refractivity contribution in [2.75, 3.05) is 25.6 Å². The van der Waals surface area contributed by atoms with E-state index in [1.54, 1.807) is 7.11 Å². The lowest BCUT2D eigenvalue weighted by atomic mass is 9.95. The highest BCUT2D eigenvalue weighted by Crippen LogP contribution is 2.25. The molecule has 1 N–H and O–H groups in total. The van der Waals surface area contributed by atoms with Gasteiger partial charge in [0.2, 0.25) is 0 Å². The molecule has 4 nitrogen and oxygen atoms in total. The van der Waals surface area contributed by atoms with Crippen LogP contribution in [-0.4, -0.2) is 30.2 Å². The molecule has 0 fully saturated rings. The second-order valence-corrected chi connectivity index (χ2v) is 5.69. The fraction of sp³-hybridized carbons (Fsp3) is 0.692. The fourth-order valence-corrected chi connectivity index (χ4v) is 1.59. The highest BCUT2D eigenvalue weighted by molar-refractivity contribution is 6.30. The van der Waals surface area contributed by atoms with Crippen LogP contribution in [-0.2, 0) is 10.2 Å². The average molecular weight is 272 g/mol. The van der Waals surface area contributed by atoms with E-state index in [0.717, 1.165) is 36.8 Å². The van der Waals surface area contributed by atoms with Gasteiger partial charge in [0.25, 0.3) is 0 Å². The third kappa shape index (κ3) is 4.10. The monoisotopic (exact) mass is 271 g/mol. The molecule has 18 heavy (non-hydrogen) atoms. The van der Waals surface area contributed by atoms with Crippen LogP contribution < -0.4 is 5.32 Å². The maximum Gasteiger partial charge on any atom is 0.137 e. The Morgan fingerprint density at radius 1 is 1.28 bits per heavy atom. The molecular weight excluding hydrogens is 250 g/mol. The minimum absolute atomic E-state index is 0.111. The molecule has 102 valence electrons. The first-order chi connectivity index (χ1) is 8.36. The van der Waals surface area contributed by atoms with Crippen LogP contribution in [0.1, 0.15) is 38.6 Å². The van der Waals surface area contributed by atoms with Gasteiger partial charge in [0.05, 0.1) is 0 Å². The average Bonchev–Trinajstić information content (AvgIpc) is 2.28. The van der Waals surface area contributed by atoms with Crippen molar-refractivity contribution in [1.29, 1.82) is 0 Å². The second kappa shape index (κ2) is 6.34. The Labute approximate surface area is 114 Å². The maximum absolute atomic E-state index is 6.15. The van der Waals surface area contributed by atoms with Crippen LogP contribution in [0.2, 0.25) is 5.15 Å².